The standard InChI is InChI=1S/C11H11NO4/c13-6-2-1-3-9-4-5-10(8-14)11(7-9)12(15)16/h1,3-7,14H,2,8H2. The molecule has 0 aliphatic carbocycles. The Morgan fingerprint density at radius 3 is 2.75 bits per heavy atom. The minimum absolute atomic E-state index is 0.115. The van der Waals surface area contributed by atoms with E-state index in [4.69, 9.17) is 5.11 Å². The van der Waals surface area contributed by atoms with Gasteiger partial charge in [-0.1, -0.05) is 18.2 Å². The molecule has 1 N–H and O–H groups in total. The summed E-state index contributed by atoms with van der Waals surface area (Å²) in [7, 11) is 0. The van der Waals surface area contributed by atoms with Gasteiger partial charge in [-0.2, -0.15) is 0 Å². The van der Waals surface area contributed by atoms with Crippen LogP contribution in [0.2, 0.25) is 0 Å². The van der Waals surface area contributed by atoms with Crippen LogP contribution in [0.15, 0.2) is 24.3 Å². The Hall–Kier alpha value is -2.01. The highest BCUT2D eigenvalue weighted by atomic mass is 16.6. The lowest BCUT2D eigenvalue weighted by Gasteiger charge is -2.00. The topological polar surface area (TPSA) is 80.4 Å². The normalized spacial score (nSPS) is 10.6. The summed E-state index contributed by atoms with van der Waals surface area (Å²) in [4.78, 5) is 20.2. The Bertz CT molecular complexity index is 426. The van der Waals surface area contributed by atoms with E-state index in [1.54, 1.807) is 18.2 Å². The van der Waals surface area contributed by atoms with Crippen molar-refractivity contribution in [3.8, 4) is 0 Å². The van der Waals surface area contributed by atoms with Crippen molar-refractivity contribution in [2.24, 2.45) is 0 Å². The number of aliphatic hydroxyl groups is 1. The summed E-state index contributed by atoms with van der Waals surface area (Å²) < 4.78 is 0. The highest BCUT2D eigenvalue weighted by Crippen LogP contribution is 2.21. The Labute approximate surface area is 92.2 Å². The first kappa shape index (κ1) is 12.1. The summed E-state index contributed by atoms with van der Waals surface area (Å²) in [5, 5.41) is 19.6. The number of aldehydes is 1. The van der Waals surface area contributed by atoms with Gasteiger partial charge in [-0.15, -0.1) is 0 Å². The molecule has 0 heterocycles. The van der Waals surface area contributed by atoms with Crippen LogP contribution >= 0.6 is 0 Å². The van der Waals surface area contributed by atoms with Crippen molar-refractivity contribution in [2.75, 3.05) is 0 Å². The van der Waals surface area contributed by atoms with E-state index in [2.05, 4.69) is 0 Å². The van der Waals surface area contributed by atoms with Gasteiger partial charge < -0.3 is 9.90 Å². The predicted octanol–water partition coefficient (Wildman–Crippen LogP) is 1.69. The first-order valence-electron chi connectivity index (χ1n) is 4.67. The van der Waals surface area contributed by atoms with Crippen molar-refractivity contribution in [3.63, 3.8) is 0 Å². The SMILES string of the molecule is O=CCC=Cc1ccc(CO)c([N+](=O)[O-])c1. The lowest BCUT2D eigenvalue weighted by molar-refractivity contribution is -0.385. The van der Waals surface area contributed by atoms with Crippen molar-refractivity contribution in [1.29, 1.82) is 0 Å². The molecule has 5 nitrogen and oxygen atoms in total. The fourth-order valence-electron chi connectivity index (χ4n) is 1.25. The van der Waals surface area contributed by atoms with Crippen LogP contribution in [0.3, 0.4) is 0 Å². The van der Waals surface area contributed by atoms with Crippen molar-refractivity contribution in [2.45, 2.75) is 13.0 Å². The highest BCUT2D eigenvalue weighted by Gasteiger charge is 2.12. The molecule has 0 aliphatic heterocycles. The number of hydrogen-bond acceptors (Lipinski definition) is 4. The lowest BCUT2D eigenvalue weighted by atomic mass is 10.1. The van der Waals surface area contributed by atoms with Crippen LogP contribution in [-0.4, -0.2) is 16.3 Å². The van der Waals surface area contributed by atoms with E-state index in [1.807, 2.05) is 0 Å². The Morgan fingerprint density at radius 1 is 1.44 bits per heavy atom. The zero-order chi connectivity index (χ0) is 12.0. The summed E-state index contributed by atoms with van der Waals surface area (Å²) in [6.07, 6.45) is 4.26. The van der Waals surface area contributed by atoms with Gasteiger partial charge >= 0.3 is 0 Å². The quantitative estimate of drug-likeness (QED) is 0.466. The molecule has 1 aromatic carbocycles. The van der Waals surface area contributed by atoms with E-state index in [1.165, 1.54) is 12.1 Å². The van der Waals surface area contributed by atoms with Gasteiger partial charge in [0.1, 0.15) is 6.29 Å². The lowest BCUT2D eigenvalue weighted by Crippen LogP contribution is -1.95. The molecule has 1 aromatic rings. The van der Waals surface area contributed by atoms with Crippen molar-refractivity contribution in [1.82, 2.24) is 0 Å². The smallest absolute Gasteiger partial charge is 0.275 e. The third-order valence-electron chi connectivity index (χ3n) is 2.02. The van der Waals surface area contributed by atoms with Gasteiger partial charge in [0.05, 0.1) is 17.1 Å². The first-order valence-corrected chi connectivity index (χ1v) is 4.67. The van der Waals surface area contributed by atoms with E-state index >= 15 is 0 Å². The van der Waals surface area contributed by atoms with Gasteiger partial charge in [-0.25, -0.2) is 0 Å². The number of hydrogen-bond donors (Lipinski definition) is 1. The monoisotopic (exact) mass is 221 g/mol. The maximum atomic E-state index is 10.7. The Kier molecular flexibility index (Phi) is 4.35. The molecule has 0 atom stereocenters. The van der Waals surface area contributed by atoms with Gasteiger partial charge in [0, 0.05) is 12.5 Å². The van der Waals surface area contributed by atoms with Gasteiger partial charge in [-0.3, -0.25) is 10.1 Å². The van der Waals surface area contributed by atoms with Gasteiger partial charge in [0.25, 0.3) is 5.69 Å². The molecular weight excluding hydrogens is 210 g/mol. The molecule has 0 aliphatic rings. The third kappa shape index (κ3) is 2.99. The van der Waals surface area contributed by atoms with Gasteiger partial charge in [0.15, 0.2) is 0 Å². The van der Waals surface area contributed by atoms with E-state index < -0.39 is 4.92 Å². The number of carbonyl (C=O) groups excluding carboxylic acids is 1. The molecule has 84 valence electrons. The average molecular weight is 221 g/mol. The molecule has 0 fully saturated rings. The van der Waals surface area contributed by atoms with E-state index in [9.17, 15) is 14.9 Å². The molecule has 1 rings (SSSR count). The molecule has 0 radical (unpaired) electrons. The van der Waals surface area contributed by atoms with Crippen LogP contribution in [0.4, 0.5) is 5.69 Å². The van der Waals surface area contributed by atoms with Crippen molar-refractivity contribution < 1.29 is 14.8 Å². The highest BCUT2D eigenvalue weighted by molar-refractivity contribution is 5.60. The number of benzene rings is 1. The zero-order valence-corrected chi connectivity index (χ0v) is 8.50. The predicted molar refractivity (Wildman–Crippen MR) is 58.7 cm³/mol. The number of carbonyl (C=O) groups is 1. The fraction of sp³-hybridized carbons (Fsp3) is 0.182. The summed E-state index contributed by atoms with van der Waals surface area (Å²) >= 11 is 0. The van der Waals surface area contributed by atoms with Crippen molar-refractivity contribution >= 4 is 18.0 Å². The molecule has 0 saturated heterocycles. The molecule has 0 saturated carbocycles. The summed E-state index contributed by atoms with van der Waals surface area (Å²) in [6.45, 7) is -0.366. The largest absolute Gasteiger partial charge is 0.391 e. The number of nitrogens with zero attached hydrogens (tertiary/aromatic N) is 1. The maximum absolute atomic E-state index is 10.7. The third-order valence-corrected chi connectivity index (χ3v) is 2.02. The van der Waals surface area contributed by atoms with E-state index in [0.717, 1.165) is 6.29 Å². The van der Waals surface area contributed by atoms with Gasteiger partial charge in [-0.05, 0) is 11.6 Å². The molecular formula is C11H11NO4. The van der Waals surface area contributed by atoms with E-state index in [0.29, 0.717) is 5.56 Å². The molecule has 0 unspecified atom stereocenters. The second-order valence-corrected chi connectivity index (χ2v) is 3.11. The van der Waals surface area contributed by atoms with E-state index in [-0.39, 0.29) is 24.3 Å². The Balaban J connectivity index is 3.02. The Morgan fingerprint density at radius 2 is 2.19 bits per heavy atom. The maximum Gasteiger partial charge on any atom is 0.275 e. The summed E-state index contributed by atoms with van der Waals surface area (Å²) in [5.74, 6) is 0. The molecule has 0 amide bonds. The fourth-order valence-corrected chi connectivity index (χ4v) is 1.25. The van der Waals surface area contributed by atoms with Crippen LogP contribution in [-0.2, 0) is 11.4 Å². The average Bonchev–Trinajstić information content (AvgIpc) is 2.29. The molecule has 0 bridgehead atoms. The summed E-state index contributed by atoms with van der Waals surface area (Å²) in [5.41, 5.74) is 0.791. The number of rotatable bonds is 5. The van der Waals surface area contributed by atoms with Crippen LogP contribution in [0.1, 0.15) is 17.5 Å². The first-order chi connectivity index (χ1) is 7.69. The van der Waals surface area contributed by atoms with Crippen LogP contribution in [0.5, 0.6) is 0 Å². The number of nitro benzene ring substituents is 1. The number of nitro groups is 1. The minimum Gasteiger partial charge on any atom is -0.391 e. The minimum atomic E-state index is -0.539. The van der Waals surface area contributed by atoms with Gasteiger partial charge in [0.2, 0.25) is 0 Å². The van der Waals surface area contributed by atoms with Crippen LogP contribution < -0.4 is 0 Å². The van der Waals surface area contributed by atoms with Crippen LogP contribution in [0, 0.1) is 10.1 Å². The van der Waals surface area contributed by atoms with Crippen molar-refractivity contribution in [3.05, 3.63) is 45.5 Å². The van der Waals surface area contributed by atoms with Crippen LogP contribution in [0.25, 0.3) is 6.08 Å². The molecule has 5 heteroatoms. The molecule has 0 aromatic heterocycles. The second kappa shape index (κ2) is 5.77. The molecule has 16 heavy (non-hydrogen) atoms. The second-order valence-electron chi connectivity index (χ2n) is 3.11. The molecule has 0 spiro atoms. The number of aliphatic hydroxyl groups excluding tert-OH is 1. The zero-order valence-electron chi connectivity index (χ0n) is 8.50. The summed E-state index contributed by atoms with van der Waals surface area (Å²) in [6, 6.07) is 4.52. The number of allylic oxidation sites excluding steroid dienone is 1.